The molecule has 0 amide bonds. The monoisotopic (exact) mass is 503 g/mol. The molecule has 1 saturated carbocycles. The minimum absolute atomic E-state index is 0. The summed E-state index contributed by atoms with van der Waals surface area (Å²) in [6.45, 7) is 6.50. The number of halogens is 1. The molecule has 28 heavy (non-hydrogen) atoms. The molecule has 0 radical (unpaired) electrons. The predicted molar refractivity (Wildman–Crippen MR) is 123 cm³/mol. The fourth-order valence-electron chi connectivity index (χ4n) is 3.07. The Morgan fingerprint density at radius 1 is 1.21 bits per heavy atom. The van der Waals surface area contributed by atoms with Crippen LogP contribution in [0.5, 0.6) is 5.75 Å². The molecule has 1 aliphatic heterocycles. The standard InChI is InChI=1S/C21H33N3O3.HI/c1-16-5-8-18(20(12-16)27-14-17-6-7-17)13-24-21(22-2)23-9-11-25-15-19-4-3-10-26-19;/h5,8,12,17,19H,3-4,6-7,9-11,13-15H2,1-2H3,(H2,22,23,24);1H. The van der Waals surface area contributed by atoms with E-state index in [4.69, 9.17) is 14.2 Å². The quantitative estimate of drug-likeness (QED) is 0.222. The molecule has 158 valence electrons. The number of aryl methyl sites for hydroxylation is 1. The Kier molecular flexibility index (Phi) is 10.4. The van der Waals surface area contributed by atoms with E-state index in [1.54, 1.807) is 7.05 Å². The highest BCUT2D eigenvalue weighted by Crippen LogP contribution is 2.30. The van der Waals surface area contributed by atoms with Gasteiger partial charge in [-0.15, -0.1) is 24.0 Å². The Bertz CT molecular complexity index is 617. The van der Waals surface area contributed by atoms with Crippen molar-refractivity contribution < 1.29 is 14.2 Å². The van der Waals surface area contributed by atoms with Crippen LogP contribution in [0, 0.1) is 12.8 Å². The molecule has 1 aromatic rings. The average molecular weight is 503 g/mol. The topological polar surface area (TPSA) is 64.1 Å². The van der Waals surface area contributed by atoms with Crippen molar-refractivity contribution in [3.05, 3.63) is 29.3 Å². The van der Waals surface area contributed by atoms with Crippen molar-refractivity contribution in [3.8, 4) is 5.75 Å². The molecule has 1 saturated heterocycles. The van der Waals surface area contributed by atoms with Crippen molar-refractivity contribution in [2.24, 2.45) is 10.9 Å². The van der Waals surface area contributed by atoms with Gasteiger partial charge in [0.15, 0.2) is 5.96 Å². The van der Waals surface area contributed by atoms with Gasteiger partial charge in [0.2, 0.25) is 0 Å². The van der Waals surface area contributed by atoms with Gasteiger partial charge in [-0.05, 0) is 50.2 Å². The van der Waals surface area contributed by atoms with Crippen molar-refractivity contribution in [3.63, 3.8) is 0 Å². The molecule has 7 heteroatoms. The minimum Gasteiger partial charge on any atom is -0.493 e. The zero-order valence-electron chi connectivity index (χ0n) is 17.0. The maximum atomic E-state index is 6.04. The van der Waals surface area contributed by atoms with Gasteiger partial charge in [-0.3, -0.25) is 4.99 Å². The smallest absolute Gasteiger partial charge is 0.191 e. The van der Waals surface area contributed by atoms with Crippen molar-refractivity contribution in [1.82, 2.24) is 10.6 Å². The molecule has 1 aromatic carbocycles. The fraction of sp³-hybridized carbons (Fsp3) is 0.667. The summed E-state index contributed by atoms with van der Waals surface area (Å²) >= 11 is 0. The summed E-state index contributed by atoms with van der Waals surface area (Å²) in [6.07, 6.45) is 5.13. The maximum Gasteiger partial charge on any atom is 0.191 e. The van der Waals surface area contributed by atoms with Crippen LogP contribution in [0.15, 0.2) is 23.2 Å². The molecule has 1 atom stereocenters. The largest absolute Gasteiger partial charge is 0.493 e. The van der Waals surface area contributed by atoms with Gasteiger partial charge < -0.3 is 24.8 Å². The number of ether oxygens (including phenoxy) is 3. The van der Waals surface area contributed by atoms with E-state index in [0.29, 0.717) is 26.3 Å². The average Bonchev–Trinajstić information content (AvgIpc) is 3.36. The first-order chi connectivity index (χ1) is 13.2. The van der Waals surface area contributed by atoms with E-state index in [2.05, 4.69) is 40.7 Å². The molecule has 1 heterocycles. The van der Waals surface area contributed by atoms with Gasteiger partial charge >= 0.3 is 0 Å². The van der Waals surface area contributed by atoms with Crippen molar-refractivity contribution in [1.29, 1.82) is 0 Å². The third-order valence-corrected chi connectivity index (χ3v) is 4.93. The SMILES string of the molecule is CN=C(NCCOCC1CCCO1)NCc1ccc(C)cc1OCC1CC1.I. The first kappa shape index (κ1) is 23.2. The van der Waals surface area contributed by atoms with Crippen LogP contribution in [0.2, 0.25) is 0 Å². The Labute approximate surface area is 185 Å². The highest BCUT2D eigenvalue weighted by molar-refractivity contribution is 14.0. The zero-order valence-corrected chi connectivity index (χ0v) is 19.4. The zero-order chi connectivity index (χ0) is 18.9. The molecule has 1 aliphatic carbocycles. The summed E-state index contributed by atoms with van der Waals surface area (Å²) in [6, 6.07) is 6.37. The number of hydrogen-bond donors (Lipinski definition) is 2. The van der Waals surface area contributed by atoms with Crippen LogP contribution in [-0.2, 0) is 16.0 Å². The highest BCUT2D eigenvalue weighted by Gasteiger charge is 2.22. The lowest BCUT2D eigenvalue weighted by Gasteiger charge is -2.16. The molecular formula is C21H34IN3O3. The Hall–Kier alpha value is -1.06. The molecule has 0 spiro atoms. The van der Waals surface area contributed by atoms with Gasteiger partial charge in [0.1, 0.15) is 5.75 Å². The van der Waals surface area contributed by atoms with Crippen molar-refractivity contribution >= 4 is 29.9 Å². The van der Waals surface area contributed by atoms with E-state index in [1.807, 2.05) is 0 Å². The van der Waals surface area contributed by atoms with Crippen LogP contribution in [0.3, 0.4) is 0 Å². The summed E-state index contributed by atoms with van der Waals surface area (Å²) < 4.78 is 17.3. The van der Waals surface area contributed by atoms with Crippen LogP contribution in [0.4, 0.5) is 0 Å². The number of nitrogens with zero attached hydrogens (tertiary/aromatic N) is 1. The maximum absolute atomic E-state index is 6.04. The molecule has 6 nitrogen and oxygen atoms in total. The number of aliphatic imine (C=N–C) groups is 1. The van der Waals surface area contributed by atoms with Crippen LogP contribution in [-0.4, -0.2) is 52.1 Å². The third kappa shape index (κ3) is 8.13. The molecular weight excluding hydrogens is 469 g/mol. The van der Waals surface area contributed by atoms with E-state index >= 15 is 0 Å². The van der Waals surface area contributed by atoms with Crippen molar-refractivity contribution in [2.75, 3.05) is 40.0 Å². The van der Waals surface area contributed by atoms with Crippen LogP contribution in [0.25, 0.3) is 0 Å². The van der Waals surface area contributed by atoms with E-state index in [1.165, 1.54) is 18.4 Å². The molecule has 1 unspecified atom stereocenters. The second-order valence-corrected chi connectivity index (χ2v) is 7.43. The molecule has 0 aromatic heterocycles. The molecule has 2 N–H and O–H groups in total. The van der Waals surface area contributed by atoms with E-state index < -0.39 is 0 Å². The summed E-state index contributed by atoms with van der Waals surface area (Å²) in [7, 11) is 1.78. The van der Waals surface area contributed by atoms with Gasteiger partial charge in [-0.2, -0.15) is 0 Å². The minimum atomic E-state index is 0. The number of benzene rings is 1. The third-order valence-electron chi connectivity index (χ3n) is 4.93. The summed E-state index contributed by atoms with van der Waals surface area (Å²) in [5.74, 6) is 2.49. The fourth-order valence-corrected chi connectivity index (χ4v) is 3.07. The Morgan fingerprint density at radius 2 is 2.07 bits per heavy atom. The van der Waals surface area contributed by atoms with Crippen LogP contribution < -0.4 is 15.4 Å². The molecule has 2 fully saturated rings. The van der Waals surface area contributed by atoms with Crippen LogP contribution in [0.1, 0.15) is 36.8 Å². The first-order valence-corrected chi connectivity index (χ1v) is 10.1. The molecule has 3 rings (SSSR count). The highest BCUT2D eigenvalue weighted by atomic mass is 127. The second-order valence-electron chi connectivity index (χ2n) is 7.43. The predicted octanol–water partition coefficient (Wildman–Crippen LogP) is 3.26. The van der Waals surface area contributed by atoms with E-state index in [9.17, 15) is 0 Å². The normalized spacial score (nSPS) is 19.2. The van der Waals surface area contributed by atoms with Gasteiger partial charge in [0.05, 0.1) is 25.9 Å². The van der Waals surface area contributed by atoms with Crippen molar-refractivity contribution in [2.45, 2.75) is 45.3 Å². The van der Waals surface area contributed by atoms with Crippen LogP contribution >= 0.6 is 24.0 Å². The molecule has 0 bridgehead atoms. The van der Waals surface area contributed by atoms with Gasteiger partial charge in [-0.25, -0.2) is 0 Å². The van der Waals surface area contributed by atoms with E-state index in [0.717, 1.165) is 49.2 Å². The lowest BCUT2D eigenvalue weighted by Crippen LogP contribution is -2.38. The number of nitrogens with one attached hydrogen (secondary N) is 2. The second kappa shape index (κ2) is 12.5. The Morgan fingerprint density at radius 3 is 2.79 bits per heavy atom. The first-order valence-electron chi connectivity index (χ1n) is 10.1. The Balaban J connectivity index is 0.00000280. The number of hydrogen-bond acceptors (Lipinski definition) is 4. The molecule has 2 aliphatic rings. The summed E-state index contributed by atoms with van der Waals surface area (Å²) in [5.41, 5.74) is 2.37. The lowest BCUT2D eigenvalue weighted by atomic mass is 10.1. The number of rotatable bonds is 10. The lowest BCUT2D eigenvalue weighted by molar-refractivity contribution is 0.0191. The number of guanidine groups is 1. The summed E-state index contributed by atoms with van der Waals surface area (Å²) in [4.78, 5) is 4.28. The van der Waals surface area contributed by atoms with Gasteiger partial charge in [0.25, 0.3) is 0 Å². The van der Waals surface area contributed by atoms with Gasteiger partial charge in [0, 0.05) is 32.3 Å². The van der Waals surface area contributed by atoms with E-state index in [-0.39, 0.29) is 30.1 Å². The summed E-state index contributed by atoms with van der Waals surface area (Å²) in [5, 5.41) is 6.65. The van der Waals surface area contributed by atoms with Gasteiger partial charge in [-0.1, -0.05) is 12.1 Å².